The summed E-state index contributed by atoms with van der Waals surface area (Å²) in [6.45, 7) is 4.90. The molecule has 0 fully saturated rings. The quantitative estimate of drug-likeness (QED) is 0.799. The molecule has 2 aromatic carbocycles. The average Bonchev–Trinajstić information content (AvgIpc) is 2.78. The Morgan fingerprint density at radius 2 is 1.58 bits per heavy atom. The first-order valence-electron chi connectivity index (χ1n) is 6.56. The molecule has 0 spiro atoms. The molecule has 0 N–H and O–H groups in total. The highest BCUT2D eigenvalue weighted by Gasteiger charge is 2.38. The molecule has 0 unspecified atom stereocenters. The topological polar surface area (TPSA) is 20.3 Å². The summed E-state index contributed by atoms with van der Waals surface area (Å²) in [7, 11) is 0. The van der Waals surface area contributed by atoms with Gasteiger partial charge in [0, 0.05) is 12.1 Å². The standard InChI is InChI=1S/C17H17NO/c1-17(2,14-9-4-3-5-10-14)18-12-13-8-6-7-11-15(13)16(18)19/h3-11H,12H2,1-2H3. The summed E-state index contributed by atoms with van der Waals surface area (Å²) in [5, 5.41) is 0. The maximum atomic E-state index is 12.5. The van der Waals surface area contributed by atoms with Crippen molar-refractivity contribution in [3.8, 4) is 0 Å². The third-order valence-electron chi connectivity index (χ3n) is 3.98. The van der Waals surface area contributed by atoms with Crippen LogP contribution in [0.15, 0.2) is 54.6 Å². The lowest BCUT2D eigenvalue weighted by molar-refractivity contribution is 0.0568. The Morgan fingerprint density at radius 3 is 2.26 bits per heavy atom. The van der Waals surface area contributed by atoms with Crippen LogP contribution in [0.4, 0.5) is 0 Å². The number of benzene rings is 2. The van der Waals surface area contributed by atoms with Gasteiger partial charge in [0.25, 0.3) is 5.91 Å². The maximum Gasteiger partial charge on any atom is 0.255 e. The van der Waals surface area contributed by atoms with Crippen molar-refractivity contribution in [2.75, 3.05) is 0 Å². The predicted molar refractivity (Wildman–Crippen MR) is 75.8 cm³/mol. The molecule has 96 valence electrons. The van der Waals surface area contributed by atoms with Crippen LogP contribution in [0.3, 0.4) is 0 Å². The third-order valence-corrected chi connectivity index (χ3v) is 3.98. The molecule has 0 atom stereocenters. The average molecular weight is 251 g/mol. The lowest BCUT2D eigenvalue weighted by Crippen LogP contribution is -2.41. The smallest absolute Gasteiger partial charge is 0.255 e. The van der Waals surface area contributed by atoms with Crippen molar-refractivity contribution in [1.29, 1.82) is 0 Å². The number of carbonyl (C=O) groups excluding carboxylic acids is 1. The lowest BCUT2D eigenvalue weighted by atomic mass is 9.92. The van der Waals surface area contributed by atoms with Crippen LogP contribution in [-0.2, 0) is 12.1 Å². The van der Waals surface area contributed by atoms with E-state index in [0.717, 1.165) is 16.7 Å². The summed E-state index contributed by atoms with van der Waals surface area (Å²) >= 11 is 0. The van der Waals surface area contributed by atoms with E-state index >= 15 is 0 Å². The molecule has 1 amide bonds. The van der Waals surface area contributed by atoms with Crippen molar-refractivity contribution in [1.82, 2.24) is 4.90 Å². The molecule has 0 bridgehead atoms. The van der Waals surface area contributed by atoms with E-state index < -0.39 is 0 Å². The fraction of sp³-hybridized carbons (Fsp3) is 0.235. The van der Waals surface area contributed by atoms with Crippen molar-refractivity contribution in [3.63, 3.8) is 0 Å². The van der Waals surface area contributed by atoms with Gasteiger partial charge in [-0.25, -0.2) is 0 Å². The predicted octanol–water partition coefficient (Wildman–Crippen LogP) is 3.58. The molecule has 2 heteroatoms. The Balaban J connectivity index is 1.99. The minimum Gasteiger partial charge on any atom is -0.325 e. The Hall–Kier alpha value is -2.09. The maximum absolute atomic E-state index is 12.5. The first kappa shape index (κ1) is 12.0. The normalized spacial score (nSPS) is 14.6. The van der Waals surface area contributed by atoms with Gasteiger partial charge in [-0.3, -0.25) is 4.79 Å². The van der Waals surface area contributed by atoms with Crippen molar-refractivity contribution in [2.24, 2.45) is 0 Å². The van der Waals surface area contributed by atoms with Gasteiger partial charge in [0.2, 0.25) is 0 Å². The zero-order chi connectivity index (χ0) is 13.5. The molecule has 1 aliphatic rings. The van der Waals surface area contributed by atoms with Crippen molar-refractivity contribution < 1.29 is 4.79 Å². The number of fused-ring (bicyclic) bond motifs is 1. The number of carbonyl (C=O) groups is 1. The highest BCUT2D eigenvalue weighted by atomic mass is 16.2. The monoisotopic (exact) mass is 251 g/mol. The molecule has 0 aromatic heterocycles. The van der Waals surface area contributed by atoms with Crippen molar-refractivity contribution >= 4 is 5.91 Å². The van der Waals surface area contributed by atoms with Gasteiger partial charge < -0.3 is 4.90 Å². The van der Waals surface area contributed by atoms with Crippen LogP contribution >= 0.6 is 0 Å². The molecule has 0 radical (unpaired) electrons. The van der Waals surface area contributed by atoms with Gasteiger partial charge in [0.05, 0.1) is 5.54 Å². The highest BCUT2D eigenvalue weighted by molar-refractivity contribution is 5.98. The summed E-state index contributed by atoms with van der Waals surface area (Å²) in [6.07, 6.45) is 0. The SMILES string of the molecule is CC(C)(c1ccccc1)N1Cc2ccccc2C1=O. The van der Waals surface area contributed by atoms with Crippen LogP contribution in [0.1, 0.15) is 35.3 Å². The van der Waals surface area contributed by atoms with Crippen molar-refractivity contribution in [2.45, 2.75) is 25.9 Å². The molecule has 0 saturated heterocycles. The number of amides is 1. The van der Waals surface area contributed by atoms with E-state index in [2.05, 4.69) is 26.0 Å². The highest BCUT2D eigenvalue weighted by Crippen LogP contribution is 2.35. The summed E-state index contributed by atoms with van der Waals surface area (Å²) in [6, 6.07) is 18.1. The van der Waals surface area contributed by atoms with Crippen LogP contribution in [0, 0.1) is 0 Å². The Labute approximate surface area is 113 Å². The van der Waals surface area contributed by atoms with Crippen LogP contribution in [0.25, 0.3) is 0 Å². The fourth-order valence-electron chi connectivity index (χ4n) is 2.71. The van der Waals surface area contributed by atoms with Crippen LogP contribution in [-0.4, -0.2) is 10.8 Å². The molecule has 0 aliphatic carbocycles. The van der Waals surface area contributed by atoms with Gasteiger partial charge >= 0.3 is 0 Å². The minimum atomic E-state index is -0.294. The molecule has 1 aliphatic heterocycles. The van der Waals surface area contributed by atoms with Crippen LogP contribution in [0.2, 0.25) is 0 Å². The molecule has 2 aromatic rings. The van der Waals surface area contributed by atoms with E-state index in [-0.39, 0.29) is 11.4 Å². The summed E-state index contributed by atoms with van der Waals surface area (Å²) in [5.74, 6) is 0.129. The number of rotatable bonds is 2. The van der Waals surface area contributed by atoms with E-state index in [1.807, 2.05) is 47.4 Å². The van der Waals surface area contributed by atoms with Crippen LogP contribution in [0.5, 0.6) is 0 Å². The van der Waals surface area contributed by atoms with Gasteiger partial charge in [-0.15, -0.1) is 0 Å². The number of hydrogen-bond acceptors (Lipinski definition) is 1. The Morgan fingerprint density at radius 1 is 0.947 bits per heavy atom. The minimum absolute atomic E-state index is 0.129. The second kappa shape index (κ2) is 4.23. The zero-order valence-electron chi connectivity index (χ0n) is 11.3. The number of hydrogen-bond donors (Lipinski definition) is 0. The first-order valence-corrected chi connectivity index (χ1v) is 6.56. The largest absolute Gasteiger partial charge is 0.325 e. The zero-order valence-corrected chi connectivity index (χ0v) is 11.3. The van der Waals surface area contributed by atoms with Gasteiger partial charge in [-0.1, -0.05) is 48.5 Å². The van der Waals surface area contributed by atoms with E-state index in [0.29, 0.717) is 6.54 Å². The molecule has 3 rings (SSSR count). The van der Waals surface area contributed by atoms with Gasteiger partial charge in [0.1, 0.15) is 0 Å². The van der Waals surface area contributed by atoms with Gasteiger partial charge in [0.15, 0.2) is 0 Å². The molecular weight excluding hydrogens is 234 g/mol. The van der Waals surface area contributed by atoms with E-state index in [1.54, 1.807) is 0 Å². The van der Waals surface area contributed by atoms with Crippen molar-refractivity contribution in [3.05, 3.63) is 71.3 Å². The lowest BCUT2D eigenvalue weighted by Gasteiger charge is -2.36. The summed E-state index contributed by atoms with van der Waals surface area (Å²) in [4.78, 5) is 14.5. The van der Waals surface area contributed by atoms with Crippen LogP contribution < -0.4 is 0 Å². The summed E-state index contributed by atoms with van der Waals surface area (Å²) in [5.41, 5.74) is 2.83. The fourth-order valence-corrected chi connectivity index (χ4v) is 2.71. The molecular formula is C17H17NO. The first-order chi connectivity index (χ1) is 9.10. The third kappa shape index (κ3) is 1.84. The van der Waals surface area contributed by atoms with Gasteiger partial charge in [-0.05, 0) is 31.0 Å². The molecule has 1 heterocycles. The van der Waals surface area contributed by atoms with Gasteiger partial charge in [-0.2, -0.15) is 0 Å². The molecule has 0 saturated carbocycles. The Kier molecular flexibility index (Phi) is 2.67. The van der Waals surface area contributed by atoms with E-state index in [4.69, 9.17) is 0 Å². The molecule has 19 heavy (non-hydrogen) atoms. The van der Waals surface area contributed by atoms with E-state index in [1.165, 1.54) is 0 Å². The second-order valence-electron chi connectivity index (χ2n) is 5.47. The number of nitrogens with zero attached hydrogens (tertiary/aromatic N) is 1. The Bertz CT molecular complexity index is 616. The van der Waals surface area contributed by atoms with E-state index in [9.17, 15) is 4.79 Å². The molecule has 2 nitrogen and oxygen atoms in total. The second-order valence-corrected chi connectivity index (χ2v) is 5.47. The summed E-state index contributed by atoms with van der Waals surface area (Å²) < 4.78 is 0.